The molecule has 0 fully saturated rings. The van der Waals surface area contributed by atoms with Crippen molar-refractivity contribution in [3.05, 3.63) is 35.9 Å². The van der Waals surface area contributed by atoms with Gasteiger partial charge in [-0.05, 0) is 20.8 Å². The first kappa shape index (κ1) is 18.8. The van der Waals surface area contributed by atoms with Crippen LogP contribution in [0.15, 0.2) is 30.3 Å². The second-order valence-corrected chi connectivity index (χ2v) is 4.59. The van der Waals surface area contributed by atoms with Gasteiger partial charge in [-0.2, -0.15) is 0 Å². The molecule has 1 aromatic rings. The Labute approximate surface area is 135 Å². The lowest BCUT2D eigenvalue weighted by Crippen LogP contribution is -2.44. The predicted molar refractivity (Wildman–Crippen MR) is 82.9 cm³/mol. The molecule has 2 atom stereocenters. The summed E-state index contributed by atoms with van der Waals surface area (Å²) in [6.45, 7) is 5.31. The number of carbonyl (C=O) groups excluding carboxylic acids is 3. The fraction of sp³-hybridized carbons (Fsp3) is 0.471. The summed E-state index contributed by atoms with van der Waals surface area (Å²) in [5.74, 6) is -3.48. The van der Waals surface area contributed by atoms with Crippen molar-refractivity contribution in [3.8, 4) is 0 Å². The third-order valence-corrected chi connectivity index (χ3v) is 3.05. The van der Waals surface area contributed by atoms with E-state index in [1.807, 2.05) is 0 Å². The van der Waals surface area contributed by atoms with Crippen LogP contribution in [0.4, 0.5) is 0 Å². The molecule has 0 saturated carbocycles. The van der Waals surface area contributed by atoms with Crippen molar-refractivity contribution < 1.29 is 28.6 Å². The molecule has 1 rings (SSSR count). The van der Waals surface area contributed by atoms with E-state index in [1.165, 1.54) is 0 Å². The number of carbonyl (C=O) groups is 3. The molecular weight excluding hydrogens is 300 g/mol. The zero-order chi connectivity index (χ0) is 17.2. The first-order valence-electron chi connectivity index (χ1n) is 7.60. The molecule has 0 N–H and O–H groups in total. The van der Waals surface area contributed by atoms with E-state index in [0.29, 0.717) is 5.56 Å². The SMILES string of the molecule is CCOC(=O)C(OCC)C(C(=O)OCC)C(=O)c1ccccc1. The summed E-state index contributed by atoms with van der Waals surface area (Å²) in [7, 11) is 0. The van der Waals surface area contributed by atoms with Gasteiger partial charge in [0.2, 0.25) is 0 Å². The molecule has 6 heteroatoms. The van der Waals surface area contributed by atoms with Gasteiger partial charge >= 0.3 is 11.9 Å². The van der Waals surface area contributed by atoms with Gasteiger partial charge in [-0.15, -0.1) is 0 Å². The number of benzene rings is 1. The molecular formula is C17H22O6. The maximum absolute atomic E-state index is 12.7. The molecule has 0 saturated heterocycles. The van der Waals surface area contributed by atoms with Crippen LogP contribution >= 0.6 is 0 Å². The quantitative estimate of drug-likeness (QED) is 0.393. The molecule has 0 amide bonds. The summed E-state index contributed by atoms with van der Waals surface area (Å²) >= 11 is 0. The maximum atomic E-state index is 12.7. The van der Waals surface area contributed by atoms with E-state index in [2.05, 4.69) is 0 Å². The molecule has 23 heavy (non-hydrogen) atoms. The van der Waals surface area contributed by atoms with E-state index in [1.54, 1.807) is 51.1 Å². The van der Waals surface area contributed by atoms with Gasteiger partial charge in [0.25, 0.3) is 0 Å². The Hall–Kier alpha value is -2.21. The van der Waals surface area contributed by atoms with Crippen LogP contribution in [0.5, 0.6) is 0 Å². The normalized spacial score (nSPS) is 13.0. The minimum atomic E-state index is -1.39. The molecule has 2 unspecified atom stereocenters. The van der Waals surface area contributed by atoms with E-state index in [-0.39, 0.29) is 19.8 Å². The first-order valence-corrected chi connectivity index (χ1v) is 7.60. The molecule has 0 aromatic heterocycles. The fourth-order valence-corrected chi connectivity index (χ4v) is 2.09. The zero-order valence-corrected chi connectivity index (χ0v) is 13.6. The zero-order valence-electron chi connectivity index (χ0n) is 13.6. The molecule has 0 bridgehead atoms. The third kappa shape index (κ3) is 5.17. The summed E-state index contributed by atoms with van der Waals surface area (Å²) < 4.78 is 15.2. The lowest BCUT2D eigenvalue weighted by molar-refractivity contribution is -0.167. The van der Waals surface area contributed by atoms with Crippen molar-refractivity contribution in [1.29, 1.82) is 0 Å². The Morgan fingerprint density at radius 1 is 0.870 bits per heavy atom. The number of rotatable bonds is 9. The van der Waals surface area contributed by atoms with E-state index < -0.39 is 29.7 Å². The van der Waals surface area contributed by atoms with Crippen LogP contribution in [0.2, 0.25) is 0 Å². The summed E-state index contributed by atoms with van der Waals surface area (Å²) in [4.78, 5) is 37.1. The van der Waals surface area contributed by atoms with E-state index >= 15 is 0 Å². The summed E-state index contributed by atoms with van der Waals surface area (Å²) in [5, 5.41) is 0. The number of hydrogen-bond acceptors (Lipinski definition) is 6. The number of ketones is 1. The monoisotopic (exact) mass is 322 g/mol. The van der Waals surface area contributed by atoms with Gasteiger partial charge in [-0.1, -0.05) is 30.3 Å². The molecule has 0 radical (unpaired) electrons. The minimum absolute atomic E-state index is 0.0963. The average molecular weight is 322 g/mol. The standard InChI is InChI=1S/C17H22O6/c1-4-21-15(17(20)23-6-3)13(16(19)22-5-2)14(18)12-10-8-7-9-11-12/h7-11,13,15H,4-6H2,1-3H3. The average Bonchev–Trinajstić information content (AvgIpc) is 2.55. The Morgan fingerprint density at radius 3 is 1.96 bits per heavy atom. The van der Waals surface area contributed by atoms with Crippen molar-refractivity contribution in [1.82, 2.24) is 0 Å². The lowest BCUT2D eigenvalue weighted by Gasteiger charge is -2.23. The van der Waals surface area contributed by atoms with Crippen LogP contribution in [-0.2, 0) is 23.8 Å². The molecule has 0 spiro atoms. The highest BCUT2D eigenvalue weighted by molar-refractivity contribution is 6.11. The second kappa shape index (κ2) is 9.74. The minimum Gasteiger partial charge on any atom is -0.465 e. The molecule has 0 aliphatic rings. The van der Waals surface area contributed by atoms with Gasteiger partial charge in [0.05, 0.1) is 13.2 Å². The highest BCUT2D eigenvalue weighted by Gasteiger charge is 2.42. The van der Waals surface area contributed by atoms with Crippen molar-refractivity contribution in [3.63, 3.8) is 0 Å². The van der Waals surface area contributed by atoms with Gasteiger partial charge in [-0.25, -0.2) is 4.79 Å². The van der Waals surface area contributed by atoms with Gasteiger partial charge in [-0.3, -0.25) is 9.59 Å². The Kier molecular flexibility index (Phi) is 7.97. The Balaban J connectivity index is 3.18. The Morgan fingerprint density at radius 2 is 1.43 bits per heavy atom. The smallest absolute Gasteiger partial charge is 0.336 e. The van der Waals surface area contributed by atoms with Crippen LogP contribution < -0.4 is 0 Å². The number of Topliss-reactive ketones (excluding diaryl/α,β-unsaturated/α-hetero) is 1. The van der Waals surface area contributed by atoms with Crippen molar-refractivity contribution in [2.24, 2.45) is 5.92 Å². The van der Waals surface area contributed by atoms with Crippen molar-refractivity contribution in [2.45, 2.75) is 26.9 Å². The van der Waals surface area contributed by atoms with E-state index in [9.17, 15) is 14.4 Å². The van der Waals surface area contributed by atoms with Gasteiger partial charge in [0, 0.05) is 12.2 Å². The van der Waals surface area contributed by atoms with Crippen molar-refractivity contribution in [2.75, 3.05) is 19.8 Å². The second-order valence-electron chi connectivity index (χ2n) is 4.59. The highest BCUT2D eigenvalue weighted by atomic mass is 16.6. The fourth-order valence-electron chi connectivity index (χ4n) is 2.09. The van der Waals surface area contributed by atoms with Gasteiger partial charge in [0.1, 0.15) is 0 Å². The molecule has 0 aliphatic heterocycles. The topological polar surface area (TPSA) is 78.9 Å². The van der Waals surface area contributed by atoms with Crippen LogP contribution in [0.3, 0.4) is 0 Å². The van der Waals surface area contributed by atoms with Crippen LogP contribution in [0.1, 0.15) is 31.1 Å². The predicted octanol–water partition coefficient (Wildman–Crippen LogP) is 2.02. The molecule has 0 heterocycles. The third-order valence-electron chi connectivity index (χ3n) is 3.05. The van der Waals surface area contributed by atoms with Crippen molar-refractivity contribution >= 4 is 17.7 Å². The summed E-state index contributed by atoms with van der Waals surface area (Å²) in [6, 6.07) is 8.25. The summed E-state index contributed by atoms with van der Waals surface area (Å²) in [6.07, 6.45) is -1.33. The van der Waals surface area contributed by atoms with Gasteiger partial charge in [0.15, 0.2) is 17.8 Å². The number of ether oxygens (including phenoxy) is 3. The Bertz CT molecular complexity index is 525. The summed E-state index contributed by atoms with van der Waals surface area (Å²) in [5.41, 5.74) is 0.305. The first-order chi connectivity index (χ1) is 11.1. The van der Waals surface area contributed by atoms with Crippen LogP contribution in [0.25, 0.3) is 0 Å². The van der Waals surface area contributed by atoms with Crippen LogP contribution in [-0.4, -0.2) is 43.6 Å². The van der Waals surface area contributed by atoms with E-state index in [4.69, 9.17) is 14.2 Å². The number of esters is 2. The molecule has 6 nitrogen and oxygen atoms in total. The maximum Gasteiger partial charge on any atom is 0.336 e. The molecule has 0 aliphatic carbocycles. The number of hydrogen-bond donors (Lipinski definition) is 0. The molecule has 126 valence electrons. The highest BCUT2D eigenvalue weighted by Crippen LogP contribution is 2.19. The molecule has 1 aromatic carbocycles. The van der Waals surface area contributed by atoms with Gasteiger partial charge < -0.3 is 14.2 Å². The lowest BCUT2D eigenvalue weighted by atomic mass is 9.92. The largest absolute Gasteiger partial charge is 0.465 e. The van der Waals surface area contributed by atoms with Crippen LogP contribution in [0, 0.1) is 5.92 Å². The van der Waals surface area contributed by atoms with E-state index in [0.717, 1.165) is 0 Å².